The van der Waals surface area contributed by atoms with Gasteiger partial charge in [0.2, 0.25) is 11.8 Å². The monoisotopic (exact) mass is 972 g/mol. The summed E-state index contributed by atoms with van der Waals surface area (Å²) in [4.78, 5) is 8.35. The number of halogens is 7. The number of hydrogen-bond donors (Lipinski definition) is 1. The number of rotatable bonds is 18. The molecule has 0 unspecified atom stereocenters. The molecule has 360 valence electrons. The first-order valence-corrected chi connectivity index (χ1v) is 22.2. The second-order valence-electron chi connectivity index (χ2n) is 15.2. The third-order valence-electron chi connectivity index (χ3n) is 9.98. The molecule has 0 saturated carbocycles. The molecule has 0 bridgehead atoms. The number of aromatic nitrogens is 8. The van der Waals surface area contributed by atoms with Gasteiger partial charge < -0.3 is 18.7 Å². The molecule has 4 aromatic carbocycles. The van der Waals surface area contributed by atoms with Crippen molar-refractivity contribution in [2.24, 2.45) is 0 Å². The summed E-state index contributed by atoms with van der Waals surface area (Å²) in [6, 6.07) is 25.0. The van der Waals surface area contributed by atoms with E-state index < -0.39 is 23.5 Å². The zero-order chi connectivity index (χ0) is 48.9. The molecule has 0 saturated heterocycles. The highest BCUT2D eigenvalue weighted by Crippen LogP contribution is 2.30. The molecule has 0 aliphatic heterocycles. The van der Waals surface area contributed by atoms with E-state index in [0.29, 0.717) is 40.0 Å². The van der Waals surface area contributed by atoms with Crippen molar-refractivity contribution in [1.29, 1.82) is 0 Å². The summed E-state index contributed by atoms with van der Waals surface area (Å²) < 4.78 is 94.9. The van der Waals surface area contributed by atoms with E-state index in [0.717, 1.165) is 81.6 Å². The number of aryl methyl sites for hydroxylation is 4. The maximum atomic E-state index is 12.6. The van der Waals surface area contributed by atoms with E-state index in [1.807, 2.05) is 58.2 Å². The van der Waals surface area contributed by atoms with Crippen LogP contribution in [-0.2, 0) is 50.8 Å². The van der Waals surface area contributed by atoms with Gasteiger partial charge in [0.05, 0.1) is 35.1 Å². The van der Waals surface area contributed by atoms with Crippen molar-refractivity contribution in [1.82, 2.24) is 40.0 Å². The minimum atomic E-state index is -4.35. The minimum absolute atomic E-state index is 0.245. The highest BCUT2D eigenvalue weighted by molar-refractivity contribution is 6.16. The van der Waals surface area contributed by atoms with E-state index in [9.17, 15) is 26.3 Å². The average molecular weight is 973 g/mol. The van der Waals surface area contributed by atoms with Crippen LogP contribution in [0.15, 0.2) is 143 Å². The Kier molecular flexibility index (Phi) is 18.9. The number of phenols is 1. The van der Waals surface area contributed by atoms with Gasteiger partial charge in [-0.3, -0.25) is 9.36 Å². The lowest BCUT2D eigenvalue weighted by Crippen LogP contribution is -2.03. The first kappa shape index (κ1) is 50.9. The van der Waals surface area contributed by atoms with Gasteiger partial charge in [0.15, 0.2) is 0 Å². The number of hydrogen-bond acceptors (Lipinski definition) is 10. The number of phenolic OH excluding ortho intramolecular Hbond substituents is 1. The maximum Gasteiger partial charge on any atom is 0.416 e. The van der Waals surface area contributed by atoms with Gasteiger partial charge in [-0.1, -0.05) is 59.0 Å². The second-order valence-corrected chi connectivity index (χ2v) is 15.5. The SMILES string of the molecule is FC(F)(F)c1ccc(/C=C/c2nc(CCl)co2)cc1.FC(F)(F)c1ccc(/C=C/c2nc(COc3ccc(CCCCn4ccnn4)cc3)co2)cc1.Oc1ccc(CCCCn2ccnn2)cc1. The average Bonchev–Trinajstić information content (AvgIpc) is 4.21. The first-order chi connectivity index (χ1) is 33.3. The normalized spacial score (nSPS) is 11.6. The zero-order valence-electron chi connectivity index (χ0n) is 37.0. The predicted molar refractivity (Wildman–Crippen MR) is 248 cm³/mol. The van der Waals surface area contributed by atoms with Crippen LogP contribution in [0, 0.1) is 0 Å². The van der Waals surface area contributed by atoms with Crippen molar-refractivity contribution >= 4 is 35.9 Å². The second kappa shape index (κ2) is 25.6. The number of aromatic hydroxyl groups is 1. The third kappa shape index (κ3) is 17.9. The Labute approximate surface area is 398 Å². The van der Waals surface area contributed by atoms with Crippen LogP contribution in [0.25, 0.3) is 24.3 Å². The standard InChI is InChI=1S/C25H23F3N4O2.C13H9ClF3NO.C12H15N3O/c26-25(27,28)21-9-4-20(5-10-21)8-13-24-30-22(18-34-24)17-33-23-11-6-19(7-12-23)3-1-2-15-32-16-14-29-31-32;14-7-11-8-19-12(18-11)6-3-9-1-4-10(5-2-9)13(15,16)17;16-12-6-4-11(5-7-12)3-1-2-9-15-10-8-13-14-15/h4-14,16,18H,1-3,15,17H2;1-6,8H,7H2;4-8,10,16H,1-3,9H2/b13-8+;6-3+;. The van der Waals surface area contributed by atoms with Crippen molar-refractivity contribution in [3.63, 3.8) is 0 Å². The Morgan fingerprint density at radius 3 is 1.43 bits per heavy atom. The molecule has 0 aliphatic rings. The van der Waals surface area contributed by atoms with Gasteiger partial charge in [-0.15, -0.1) is 21.8 Å². The van der Waals surface area contributed by atoms with Crippen LogP contribution in [0.1, 0.15) is 82.2 Å². The van der Waals surface area contributed by atoms with Gasteiger partial charge >= 0.3 is 12.4 Å². The summed E-state index contributed by atoms with van der Waals surface area (Å²) in [5.74, 6) is 2.01. The number of nitrogens with zero attached hydrogens (tertiary/aromatic N) is 8. The van der Waals surface area contributed by atoms with Crippen LogP contribution in [0.4, 0.5) is 26.3 Å². The minimum Gasteiger partial charge on any atom is -0.508 e. The van der Waals surface area contributed by atoms with Crippen molar-refractivity contribution in [3.8, 4) is 11.5 Å². The van der Waals surface area contributed by atoms with Crippen molar-refractivity contribution in [2.75, 3.05) is 0 Å². The summed E-state index contributed by atoms with van der Waals surface area (Å²) in [6.45, 7) is 2.02. The summed E-state index contributed by atoms with van der Waals surface area (Å²) in [5.41, 5.74) is 3.60. The molecule has 8 rings (SSSR count). The number of oxazole rings is 2. The molecule has 0 aliphatic carbocycles. The quantitative estimate of drug-likeness (QED) is 0.0501. The van der Waals surface area contributed by atoms with Gasteiger partial charge in [-0.05, 0) is 121 Å². The van der Waals surface area contributed by atoms with Gasteiger partial charge in [-0.2, -0.15) is 26.3 Å². The number of unbranched alkanes of at least 4 members (excludes halogenated alkanes) is 2. The molecule has 12 nitrogen and oxygen atoms in total. The molecule has 1 N–H and O–H groups in total. The number of ether oxygens (including phenoxy) is 1. The van der Waals surface area contributed by atoms with Crippen LogP contribution in [-0.4, -0.2) is 45.1 Å². The van der Waals surface area contributed by atoms with Crippen LogP contribution >= 0.6 is 11.6 Å². The van der Waals surface area contributed by atoms with E-state index >= 15 is 0 Å². The van der Waals surface area contributed by atoms with E-state index in [1.165, 1.54) is 47.9 Å². The Balaban J connectivity index is 0.000000188. The van der Waals surface area contributed by atoms with Crippen LogP contribution < -0.4 is 4.74 Å². The topological polar surface area (TPSA) is 143 Å². The largest absolute Gasteiger partial charge is 0.508 e. The first-order valence-electron chi connectivity index (χ1n) is 21.6. The van der Waals surface area contributed by atoms with Gasteiger partial charge in [-0.25, -0.2) is 9.97 Å². The Morgan fingerprint density at radius 1 is 0.565 bits per heavy atom. The molecule has 0 atom stereocenters. The fraction of sp³-hybridized carbons (Fsp3) is 0.240. The van der Waals surface area contributed by atoms with Crippen LogP contribution in [0.2, 0.25) is 0 Å². The Bertz CT molecular complexity index is 2740. The van der Waals surface area contributed by atoms with E-state index in [2.05, 4.69) is 30.6 Å². The number of benzene rings is 4. The predicted octanol–water partition coefficient (Wildman–Crippen LogP) is 12.7. The smallest absolute Gasteiger partial charge is 0.416 e. The summed E-state index contributed by atoms with van der Waals surface area (Å²) >= 11 is 5.56. The molecule has 4 heterocycles. The van der Waals surface area contributed by atoms with Crippen molar-refractivity contribution in [2.45, 2.75) is 76.5 Å². The molecular weight excluding hydrogens is 926 g/mol. The Hall–Kier alpha value is -7.47. The maximum absolute atomic E-state index is 12.6. The molecule has 4 aromatic heterocycles. The highest BCUT2D eigenvalue weighted by atomic mass is 35.5. The molecular formula is C50H47ClF6N8O4. The van der Waals surface area contributed by atoms with E-state index in [1.54, 1.807) is 48.8 Å². The Morgan fingerprint density at radius 2 is 1.01 bits per heavy atom. The molecule has 8 aromatic rings. The molecule has 69 heavy (non-hydrogen) atoms. The van der Waals surface area contributed by atoms with E-state index in [-0.39, 0.29) is 12.5 Å². The van der Waals surface area contributed by atoms with E-state index in [4.69, 9.17) is 30.3 Å². The molecule has 0 fully saturated rings. The highest BCUT2D eigenvalue weighted by Gasteiger charge is 2.30. The van der Waals surface area contributed by atoms with Crippen molar-refractivity contribution < 1.29 is 45.0 Å². The van der Waals surface area contributed by atoms with Crippen molar-refractivity contribution in [3.05, 3.63) is 191 Å². The third-order valence-corrected chi connectivity index (χ3v) is 10.3. The molecule has 0 amide bonds. The lowest BCUT2D eigenvalue weighted by Gasteiger charge is -2.06. The van der Waals surface area contributed by atoms with Crippen LogP contribution in [0.5, 0.6) is 11.5 Å². The lowest BCUT2D eigenvalue weighted by molar-refractivity contribution is -0.138. The van der Waals surface area contributed by atoms with Crippen LogP contribution in [0.3, 0.4) is 0 Å². The molecule has 19 heteroatoms. The number of alkyl halides is 7. The summed E-state index contributed by atoms with van der Waals surface area (Å²) in [6.07, 6.45) is 14.1. The molecule has 0 spiro atoms. The zero-order valence-corrected chi connectivity index (χ0v) is 37.7. The summed E-state index contributed by atoms with van der Waals surface area (Å²) in [7, 11) is 0. The van der Waals surface area contributed by atoms with Gasteiger partial charge in [0, 0.05) is 37.6 Å². The van der Waals surface area contributed by atoms with Gasteiger partial charge in [0.1, 0.15) is 36.3 Å². The van der Waals surface area contributed by atoms with Gasteiger partial charge in [0.25, 0.3) is 0 Å². The fourth-order valence-corrected chi connectivity index (χ4v) is 6.43. The fourth-order valence-electron chi connectivity index (χ4n) is 6.31. The lowest BCUT2D eigenvalue weighted by atomic mass is 10.1. The summed E-state index contributed by atoms with van der Waals surface area (Å²) in [5, 5.41) is 24.5. The molecule has 0 radical (unpaired) electrons.